The number of hydrogen-bond acceptors (Lipinski definition) is 8. The van der Waals surface area contributed by atoms with Gasteiger partial charge in [0.15, 0.2) is 24.5 Å². The Hall–Kier alpha value is -6.94. The van der Waals surface area contributed by atoms with Gasteiger partial charge in [0, 0.05) is 33.3 Å². The summed E-state index contributed by atoms with van der Waals surface area (Å²) in [6, 6.07) is 38.4. The third kappa shape index (κ3) is 6.65. The SMILES string of the molecule is Cc1ccc2ccc(NC(=O)COc3ccc4ccccc4c3-c3c(OCC(=O)Nc4ccc5ccc(C)nc5n4)ccc4ccccc34)nc2n1. The van der Waals surface area contributed by atoms with E-state index < -0.39 is 0 Å². The lowest BCUT2D eigenvalue weighted by atomic mass is 9.92. The molecule has 8 aromatic rings. The second-order valence-corrected chi connectivity index (χ2v) is 12.4. The molecule has 2 N–H and O–H groups in total. The van der Waals surface area contributed by atoms with Crippen molar-refractivity contribution < 1.29 is 19.1 Å². The number of aryl methyl sites for hydroxylation is 2. The van der Waals surface area contributed by atoms with Crippen molar-refractivity contribution in [2.45, 2.75) is 13.8 Å². The van der Waals surface area contributed by atoms with Crippen LogP contribution in [0.5, 0.6) is 11.5 Å². The topological polar surface area (TPSA) is 128 Å². The van der Waals surface area contributed by atoms with Crippen LogP contribution in [-0.2, 0) is 9.59 Å². The van der Waals surface area contributed by atoms with Crippen molar-refractivity contribution >= 4 is 67.1 Å². The zero-order valence-electron chi connectivity index (χ0n) is 28.4. The van der Waals surface area contributed by atoms with Crippen LogP contribution in [0.2, 0.25) is 0 Å². The molecule has 0 fully saturated rings. The number of hydrogen-bond donors (Lipinski definition) is 2. The maximum absolute atomic E-state index is 13.2. The molecule has 0 atom stereocenters. The number of pyridine rings is 4. The Morgan fingerprint density at radius 3 is 1.35 bits per heavy atom. The molecule has 10 heteroatoms. The van der Waals surface area contributed by atoms with Crippen molar-refractivity contribution in [1.82, 2.24) is 19.9 Å². The predicted octanol–water partition coefficient (Wildman–Crippen LogP) is 8.20. The summed E-state index contributed by atoms with van der Waals surface area (Å²) in [5, 5.41) is 11.2. The Balaban J connectivity index is 1.10. The van der Waals surface area contributed by atoms with Crippen LogP contribution in [0, 0.1) is 13.8 Å². The molecule has 0 aliphatic heterocycles. The van der Waals surface area contributed by atoms with E-state index in [0.29, 0.717) is 34.4 Å². The van der Waals surface area contributed by atoms with Crippen LogP contribution in [0.3, 0.4) is 0 Å². The van der Waals surface area contributed by atoms with Crippen molar-refractivity contribution in [3.8, 4) is 22.6 Å². The average Bonchev–Trinajstić information content (AvgIpc) is 3.15. The van der Waals surface area contributed by atoms with Crippen LogP contribution in [0.25, 0.3) is 54.7 Å². The fraction of sp³-hybridized carbons (Fsp3) is 0.0952. The lowest BCUT2D eigenvalue weighted by Crippen LogP contribution is -2.21. The third-order valence-electron chi connectivity index (χ3n) is 8.67. The molecule has 0 aliphatic carbocycles. The molecule has 8 rings (SSSR count). The van der Waals surface area contributed by atoms with Gasteiger partial charge in [-0.1, -0.05) is 60.7 Å². The van der Waals surface area contributed by atoms with Gasteiger partial charge in [0.1, 0.15) is 23.1 Å². The number of amides is 2. The summed E-state index contributed by atoms with van der Waals surface area (Å²) in [5.74, 6) is 0.963. The number of fused-ring (bicyclic) bond motifs is 4. The standard InChI is InChI=1S/C42H32N6O4/c1-25-11-13-29-17-21-35(47-41(29)43-25)45-37(49)23-51-33-19-15-27-7-3-5-9-31(27)39(33)40-32-10-6-4-8-28(32)16-20-34(40)52-24-38(50)46-36-22-18-30-14-12-26(2)44-42(30)48-36/h3-22H,23-24H2,1-2H3,(H,43,45,47,49)(H,44,46,48,50). The molecule has 0 aliphatic rings. The molecule has 4 aromatic carbocycles. The van der Waals surface area contributed by atoms with Gasteiger partial charge in [-0.15, -0.1) is 0 Å². The number of nitrogens with zero attached hydrogens (tertiary/aromatic N) is 4. The Morgan fingerprint density at radius 2 is 0.885 bits per heavy atom. The van der Waals surface area contributed by atoms with Crippen LogP contribution in [0.1, 0.15) is 11.4 Å². The van der Waals surface area contributed by atoms with Gasteiger partial charge in [0.05, 0.1) is 0 Å². The molecule has 0 saturated heterocycles. The summed E-state index contributed by atoms with van der Waals surface area (Å²) in [5.41, 5.74) is 4.24. The molecule has 0 saturated carbocycles. The van der Waals surface area contributed by atoms with Crippen molar-refractivity contribution in [1.29, 1.82) is 0 Å². The van der Waals surface area contributed by atoms with E-state index >= 15 is 0 Å². The number of benzene rings is 4. The number of carbonyl (C=O) groups is 2. The number of rotatable bonds is 9. The van der Waals surface area contributed by atoms with E-state index in [9.17, 15) is 9.59 Å². The molecule has 0 radical (unpaired) electrons. The van der Waals surface area contributed by atoms with Crippen LogP contribution in [0.4, 0.5) is 11.6 Å². The van der Waals surface area contributed by atoms with E-state index in [2.05, 4.69) is 30.6 Å². The number of ether oxygens (including phenoxy) is 2. The van der Waals surface area contributed by atoms with E-state index in [1.807, 2.05) is 123 Å². The maximum atomic E-state index is 13.2. The fourth-order valence-electron chi connectivity index (χ4n) is 6.23. The second kappa shape index (κ2) is 13.8. The Labute approximate surface area is 298 Å². The quantitative estimate of drug-likeness (QED) is 0.156. The number of aromatic nitrogens is 4. The molecular formula is C42H32N6O4. The van der Waals surface area contributed by atoms with Crippen LogP contribution >= 0.6 is 0 Å². The molecular weight excluding hydrogens is 652 g/mol. The highest BCUT2D eigenvalue weighted by Gasteiger charge is 2.21. The summed E-state index contributed by atoms with van der Waals surface area (Å²) in [6.07, 6.45) is 0. The molecule has 10 nitrogen and oxygen atoms in total. The van der Waals surface area contributed by atoms with Gasteiger partial charge in [-0.25, -0.2) is 19.9 Å². The van der Waals surface area contributed by atoms with Crippen LogP contribution in [-0.4, -0.2) is 45.0 Å². The van der Waals surface area contributed by atoms with E-state index in [-0.39, 0.29) is 25.0 Å². The van der Waals surface area contributed by atoms with Gasteiger partial charge in [0.2, 0.25) is 0 Å². The zero-order chi connectivity index (χ0) is 35.6. The van der Waals surface area contributed by atoms with E-state index in [1.54, 1.807) is 12.1 Å². The summed E-state index contributed by atoms with van der Waals surface area (Å²) in [6.45, 7) is 3.24. The van der Waals surface area contributed by atoms with E-state index in [0.717, 1.165) is 54.8 Å². The largest absolute Gasteiger partial charge is 0.483 e. The van der Waals surface area contributed by atoms with Crippen LogP contribution < -0.4 is 20.1 Å². The minimum absolute atomic E-state index is 0.275. The minimum Gasteiger partial charge on any atom is -0.483 e. The Bertz CT molecular complexity index is 2490. The lowest BCUT2D eigenvalue weighted by Gasteiger charge is -2.19. The van der Waals surface area contributed by atoms with Gasteiger partial charge < -0.3 is 20.1 Å². The van der Waals surface area contributed by atoms with Gasteiger partial charge >= 0.3 is 0 Å². The van der Waals surface area contributed by atoms with Gasteiger partial charge in [-0.3, -0.25) is 9.59 Å². The summed E-state index contributed by atoms with van der Waals surface area (Å²) < 4.78 is 12.6. The van der Waals surface area contributed by atoms with Gasteiger partial charge in [0.25, 0.3) is 11.8 Å². The lowest BCUT2D eigenvalue weighted by molar-refractivity contribution is -0.118. The normalized spacial score (nSPS) is 11.2. The van der Waals surface area contributed by atoms with Gasteiger partial charge in [-0.2, -0.15) is 0 Å². The third-order valence-corrected chi connectivity index (χ3v) is 8.67. The van der Waals surface area contributed by atoms with E-state index in [4.69, 9.17) is 9.47 Å². The van der Waals surface area contributed by atoms with Gasteiger partial charge in [-0.05, 0) is 96.1 Å². The van der Waals surface area contributed by atoms with Crippen LogP contribution in [0.15, 0.2) is 121 Å². The summed E-state index contributed by atoms with van der Waals surface area (Å²) in [7, 11) is 0. The van der Waals surface area contributed by atoms with Crippen molar-refractivity contribution in [2.24, 2.45) is 0 Å². The Morgan fingerprint density at radius 1 is 0.481 bits per heavy atom. The van der Waals surface area contributed by atoms with Crippen molar-refractivity contribution in [3.63, 3.8) is 0 Å². The maximum Gasteiger partial charge on any atom is 0.263 e. The number of nitrogens with one attached hydrogen (secondary N) is 2. The monoisotopic (exact) mass is 684 g/mol. The van der Waals surface area contributed by atoms with Crippen molar-refractivity contribution in [2.75, 3.05) is 23.8 Å². The zero-order valence-corrected chi connectivity index (χ0v) is 28.4. The highest BCUT2D eigenvalue weighted by molar-refractivity contribution is 6.10. The van der Waals surface area contributed by atoms with Crippen molar-refractivity contribution in [3.05, 3.63) is 133 Å². The predicted molar refractivity (Wildman–Crippen MR) is 204 cm³/mol. The summed E-state index contributed by atoms with van der Waals surface area (Å²) >= 11 is 0. The smallest absolute Gasteiger partial charge is 0.263 e. The fourth-order valence-corrected chi connectivity index (χ4v) is 6.23. The first kappa shape index (κ1) is 32.3. The minimum atomic E-state index is -0.377. The molecule has 0 bridgehead atoms. The Kier molecular flexibility index (Phi) is 8.54. The highest BCUT2D eigenvalue weighted by Crippen LogP contribution is 2.45. The summed E-state index contributed by atoms with van der Waals surface area (Å²) in [4.78, 5) is 44.4. The molecule has 2 amide bonds. The number of anilines is 2. The second-order valence-electron chi connectivity index (χ2n) is 12.4. The molecule has 4 aromatic heterocycles. The molecule has 0 spiro atoms. The molecule has 254 valence electrons. The molecule has 52 heavy (non-hydrogen) atoms. The number of carbonyl (C=O) groups excluding carboxylic acids is 2. The first-order chi connectivity index (χ1) is 25.4. The average molecular weight is 685 g/mol. The molecule has 4 heterocycles. The van der Waals surface area contributed by atoms with E-state index in [1.165, 1.54) is 0 Å². The molecule has 0 unspecified atom stereocenters. The highest BCUT2D eigenvalue weighted by atomic mass is 16.5. The first-order valence-corrected chi connectivity index (χ1v) is 16.8. The first-order valence-electron chi connectivity index (χ1n) is 16.8.